The third-order valence-corrected chi connectivity index (χ3v) is 4.23. The van der Waals surface area contributed by atoms with Crippen LogP contribution >= 0.6 is 0 Å². The fourth-order valence-electron chi connectivity index (χ4n) is 2.97. The van der Waals surface area contributed by atoms with Crippen LogP contribution in [0.1, 0.15) is 25.5 Å². The number of fused-ring (bicyclic) bond motifs is 1. The summed E-state index contributed by atoms with van der Waals surface area (Å²) in [6, 6.07) is 10.7. The lowest BCUT2D eigenvalue weighted by Gasteiger charge is -2.33. The third-order valence-electron chi connectivity index (χ3n) is 4.23. The van der Waals surface area contributed by atoms with Gasteiger partial charge in [0.15, 0.2) is 0 Å². The van der Waals surface area contributed by atoms with Crippen LogP contribution in [-0.2, 0) is 6.54 Å². The Morgan fingerprint density at radius 3 is 2.74 bits per heavy atom. The van der Waals surface area contributed by atoms with Crippen LogP contribution < -0.4 is 5.73 Å². The molecule has 0 amide bonds. The lowest BCUT2D eigenvalue weighted by molar-refractivity contribution is 0.157. The Hall–Kier alpha value is -1.32. The van der Waals surface area contributed by atoms with Gasteiger partial charge < -0.3 is 10.2 Å². The SMILES string of the molecule is CC(N)C1CCN(Cc2cc3ccccc3o2)CC1. The summed E-state index contributed by atoms with van der Waals surface area (Å²) in [5, 5.41) is 1.20. The first kappa shape index (κ1) is 12.7. The van der Waals surface area contributed by atoms with E-state index in [0.717, 1.165) is 31.0 Å². The summed E-state index contributed by atoms with van der Waals surface area (Å²) in [6.45, 7) is 5.30. The van der Waals surface area contributed by atoms with Crippen molar-refractivity contribution < 1.29 is 4.42 Å². The van der Waals surface area contributed by atoms with Crippen LogP contribution in [0.5, 0.6) is 0 Å². The van der Waals surface area contributed by atoms with Gasteiger partial charge in [0.25, 0.3) is 0 Å². The van der Waals surface area contributed by atoms with E-state index < -0.39 is 0 Å². The molecule has 0 spiro atoms. The van der Waals surface area contributed by atoms with Crippen LogP contribution in [0, 0.1) is 5.92 Å². The van der Waals surface area contributed by atoms with E-state index in [9.17, 15) is 0 Å². The van der Waals surface area contributed by atoms with Crippen LogP contribution in [-0.4, -0.2) is 24.0 Å². The third kappa shape index (κ3) is 2.82. The fourth-order valence-corrected chi connectivity index (χ4v) is 2.97. The minimum absolute atomic E-state index is 0.327. The molecule has 2 heterocycles. The van der Waals surface area contributed by atoms with Crippen LogP contribution in [0.25, 0.3) is 11.0 Å². The molecule has 3 rings (SSSR count). The van der Waals surface area contributed by atoms with Crippen molar-refractivity contribution in [2.45, 2.75) is 32.4 Å². The van der Waals surface area contributed by atoms with Crippen LogP contribution in [0.15, 0.2) is 34.7 Å². The highest BCUT2D eigenvalue weighted by Crippen LogP contribution is 2.24. The molecule has 19 heavy (non-hydrogen) atoms. The van der Waals surface area contributed by atoms with E-state index in [1.807, 2.05) is 12.1 Å². The van der Waals surface area contributed by atoms with E-state index in [2.05, 4.69) is 30.0 Å². The molecule has 1 fully saturated rings. The van der Waals surface area contributed by atoms with Crippen molar-refractivity contribution in [1.29, 1.82) is 0 Å². The maximum absolute atomic E-state index is 5.98. The predicted molar refractivity (Wildman–Crippen MR) is 77.9 cm³/mol. The van der Waals surface area contributed by atoms with Gasteiger partial charge in [-0.2, -0.15) is 0 Å². The highest BCUT2D eigenvalue weighted by atomic mass is 16.3. The normalized spacial score (nSPS) is 19.9. The molecule has 0 aliphatic carbocycles. The molecule has 102 valence electrons. The van der Waals surface area contributed by atoms with Gasteiger partial charge >= 0.3 is 0 Å². The zero-order valence-electron chi connectivity index (χ0n) is 11.5. The van der Waals surface area contributed by atoms with Crippen molar-refractivity contribution in [3.8, 4) is 0 Å². The summed E-state index contributed by atoms with van der Waals surface area (Å²) in [4.78, 5) is 2.47. The highest BCUT2D eigenvalue weighted by Gasteiger charge is 2.22. The molecule has 1 saturated heterocycles. The van der Waals surface area contributed by atoms with Gasteiger partial charge in [-0.15, -0.1) is 0 Å². The topological polar surface area (TPSA) is 42.4 Å². The molecular weight excluding hydrogens is 236 g/mol. The Morgan fingerprint density at radius 2 is 2.05 bits per heavy atom. The summed E-state index contributed by atoms with van der Waals surface area (Å²) in [6.07, 6.45) is 2.41. The second-order valence-electron chi connectivity index (χ2n) is 5.72. The number of para-hydroxylation sites is 1. The number of hydrogen-bond donors (Lipinski definition) is 1. The lowest BCUT2D eigenvalue weighted by atomic mass is 9.91. The average molecular weight is 258 g/mol. The molecule has 0 radical (unpaired) electrons. The molecule has 1 aromatic carbocycles. The van der Waals surface area contributed by atoms with Crippen molar-refractivity contribution in [3.63, 3.8) is 0 Å². The van der Waals surface area contributed by atoms with Gasteiger partial charge in [0.2, 0.25) is 0 Å². The van der Waals surface area contributed by atoms with Gasteiger partial charge in [-0.3, -0.25) is 4.90 Å². The van der Waals surface area contributed by atoms with Gasteiger partial charge in [-0.1, -0.05) is 18.2 Å². The standard InChI is InChI=1S/C16H22N2O/c1-12(17)13-6-8-18(9-7-13)11-15-10-14-4-2-3-5-16(14)19-15/h2-5,10,12-13H,6-9,11,17H2,1H3. The first-order chi connectivity index (χ1) is 9.22. The minimum Gasteiger partial charge on any atom is -0.460 e. The number of furan rings is 1. The van der Waals surface area contributed by atoms with Crippen molar-refractivity contribution in [1.82, 2.24) is 4.90 Å². The first-order valence-electron chi connectivity index (χ1n) is 7.18. The van der Waals surface area contributed by atoms with E-state index in [1.54, 1.807) is 0 Å². The maximum atomic E-state index is 5.98. The second-order valence-corrected chi connectivity index (χ2v) is 5.72. The number of nitrogens with zero attached hydrogens (tertiary/aromatic N) is 1. The molecule has 0 saturated carbocycles. The number of hydrogen-bond acceptors (Lipinski definition) is 3. The number of likely N-dealkylation sites (tertiary alicyclic amines) is 1. The zero-order valence-corrected chi connectivity index (χ0v) is 11.5. The van der Waals surface area contributed by atoms with E-state index in [-0.39, 0.29) is 0 Å². The monoisotopic (exact) mass is 258 g/mol. The molecular formula is C16H22N2O. The Balaban J connectivity index is 1.63. The average Bonchev–Trinajstić information content (AvgIpc) is 2.81. The summed E-state index contributed by atoms with van der Waals surface area (Å²) in [5.74, 6) is 1.76. The van der Waals surface area contributed by atoms with Gasteiger partial charge in [0.1, 0.15) is 11.3 Å². The summed E-state index contributed by atoms with van der Waals surface area (Å²) < 4.78 is 5.88. The Kier molecular flexibility index (Phi) is 3.58. The predicted octanol–water partition coefficient (Wildman–Crippen LogP) is 2.99. The molecule has 1 aliphatic heterocycles. The van der Waals surface area contributed by atoms with Crippen molar-refractivity contribution in [2.75, 3.05) is 13.1 Å². The summed E-state index contributed by atoms with van der Waals surface area (Å²) in [7, 11) is 0. The number of benzene rings is 1. The number of nitrogens with two attached hydrogens (primary N) is 1. The van der Waals surface area contributed by atoms with Gasteiger partial charge in [0, 0.05) is 11.4 Å². The van der Waals surface area contributed by atoms with Crippen molar-refractivity contribution in [3.05, 3.63) is 36.1 Å². The minimum atomic E-state index is 0.327. The molecule has 3 heteroatoms. The van der Waals surface area contributed by atoms with Crippen LogP contribution in [0.2, 0.25) is 0 Å². The van der Waals surface area contributed by atoms with E-state index in [0.29, 0.717) is 12.0 Å². The van der Waals surface area contributed by atoms with Crippen LogP contribution in [0.4, 0.5) is 0 Å². The first-order valence-corrected chi connectivity index (χ1v) is 7.18. The van der Waals surface area contributed by atoms with Gasteiger partial charge in [-0.25, -0.2) is 0 Å². The number of rotatable bonds is 3. The molecule has 1 aliphatic rings. The van der Waals surface area contributed by atoms with E-state index >= 15 is 0 Å². The van der Waals surface area contributed by atoms with Gasteiger partial charge in [-0.05, 0) is 50.9 Å². The van der Waals surface area contributed by atoms with Crippen molar-refractivity contribution >= 4 is 11.0 Å². The smallest absolute Gasteiger partial charge is 0.134 e. The number of piperidine rings is 1. The Morgan fingerprint density at radius 1 is 1.32 bits per heavy atom. The summed E-state index contributed by atoms with van der Waals surface area (Å²) in [5.41, 5.74) is 6.97. The molecule has 1 aromatic heterocycles. The Bertz CT molecular complexity index is 505. The highest BCUT2D eigenvalue weighted by molar-refractivity contribution is 5.77. The Labute approximate surface area is 114 Å². The molecule has 0 bridgehead atoms. The maximum Gasteiger partial charge on any atom is 0.134 e. The quantitative estimate of drug-likeness (QED) is 0.920. The molecule has 1 atom stereocenters. The zero-order chi connectivity index (χ0) is 13.2. The molecule has 3 nitrogen and oxygen atoms in total. The van der Waals surface area contributed by atoms with E-state index in [4.69, 9.17) is 10.2 Å². The van der Waals surface area contributed by atoms with E-state index in [1.165, 1.54) is 18.2 Å². The van der Waals surface area contributed by atoms with Crippen molar-refractivity contribution in [2.24, 2.45) is 11.7 Å². The molecule has 1 unspecified atom stereocenters. The largest absolute Gasteiger partial charge is 0.460 e. The molecule has 2 N–H and O–H groups in total. The van der Waals surface area contributed by atoms with Crippen LogP contribution in [0.3, 0.4) is 0 Å². The summed E-state index contributed by atoms with van der Waals surface area (Å²) >= 11 is 0. The lowest BCUT2D eigenvalue weighted by Crippen LogP contribution is -2.39. The molecule has 2 aromatic rings. The fraction of sp³-hybridized carbons (Fsp3) is 0.500. The second kappa shape index (κ2) is 5.35. The van der Waals surface area contributed by atoms with Gasteiger partial charge in [0.05, 0.1) is 6.54 Å².